The third-order valence-corrected chi connectivity index (χ3v) is 2.45. The maximum Gasteiger partial charge on any atom is 0.333 e. The Labute approximate surface area is 93.7 Å². The summed E-state index contributed by atoms with van der Waals surface area (Å²) in [5.74, 6) is 0.531. The zero-order valence-corrected chi connectivity index (χ0v) is 10.3. The summed E-state index contributed by atoms with van der Waals surface area (Å²) in [6.07, 6.45) is 5.90. The number of rotatable bonds is 8. The van der Waals surface area contributed by atoms with Crippen LogP contribution in [0, 0.1) is 5.92 Å². The van der Waals surface area contributed by atoms with Crippen LogP contribution in [0.5, 0.6) is 0 Å². The summed E-state index contributed by atoms with van der Waals surface area (Å²) in [5, 5.41) is 0. The van der Waals surface area contributed by atoms with Gasteiger partial charge in [0, 0.05) is 5.57 Å². The van der Waals surface area contributed by atoms with E-state index in [0.717, 1.165) is 18.8 Å². The highest BCUT2D eigenvalue weighted by Gasteiger charge is 2.03. The Morgan fingerprint density at radius 2 is 2.00 bits per heavy atom. The minimum atomic E-state index is -0.267. The summed E-state index contributed by atoms with van der Waals surface area (Å²) in [5.41, 5.74) is 0.481. The molecule has 0 bridgehead atoms. The second kappa shape index (κ2) is 8.51. The monoisotopic (exact) mass is 212 g/mol. The number of unbranched alkanes of at least 4 members (excludes halogenated alkanes) is 1. The zero-order valence-electron chi connectivity index (χ0n) is 10.3. The molecule has 0 rings (SSSR count). The molecular formula is C13H24O2. The molecule has 0 heterocycles. The van der Waals surface area contributed by atoms with Crippen LogP contribution in [0.2, 0.25) is 0 Å². The van der Waals surface area contributed by atoms with Crippen LogP contribution >= 0.6 is 0 Å². The third-order valence-electron chi connectivity index (χ3n) is 2.45. The van der Waals surface area contributed by atoms with E-state index in [2.05, 4.69) is 20.4 Å². The van der Waals surface area contributed by atoms with E-state index in [1.165, 1.54) is 19.3 Å². The first kappa shape index (κ1) is 14.2. The SMILES string of the molecule is C=C(C)C(=O)OCCCCC(C)CCC. The van der Waals surface area contributed by atoms with Crippen LogP contribution < -0.4 is 0 Å². The first-order valence-corrected chi connectivity index (χ1v) is 5.90. The Hall–Kier alpha value is -0.790. The maximum atomic E-state index is 11.0. The number of carbonyl (C=O) groups excluding carboxylic acids is 1. The van der Waals surface area contributed by atoms with Gasteiger partial charge in [-0.3, -0.25) is 0 Å². The molecule has 0 saturated carbocycles. The predicted molar refractivity (Wildman–Crippen MR) is 63.7 cm³/mol. The first-order chi connectivity index (χ1) is 7.07. The molecule has 0 aromatic heterocycles. The van der Waals surface area contributed by atoms with Crippen LogP contribution in [0.1, 0.15) is 52.9 Å². The van der Waals surface area contributed by atoms with E-state index in [1.54, 1.807) is 6.92 Å². The van der Waals surface area contributed by atoms with E-state index in [9.17, 15) is 4.79 Å². The Balaban J connectivity index is 3.32. The normalized spacial score (nSPS) is 12.2. The molecule has 0 saturated heterocycles. The lowest BCUT2D eigenvalue weighted by Gasteiger charge is -2.09. The molecule has 15 heavy (non-hydrogen) atoms. The molecule has 0 aliphatic rings. The number of hydrogen-bond acceptors (Lipinski definition) is 2. The van der Waals surface area contributed by atoms with Gasteiger partial charge in [-0.05, 0) is 25.7 Å². The summed E-state index contributed by atoms with van der Waals surface area (Å²) < 4.78 is 5.01. The molecule has 1 unspecified atom stereocenters. The van der Waals surface area contributed by atoms with Crippen molar-refractivity contribution in [1.82, 2.24) is 0 Å². The van der Waals surface area contributed by atoms with Gasteiger partial charge in [-0.25, -0.2) is 4.79 Å². The number of hydrogen-bond donors (Lipinski definition) is 0. The molecule has 0 fully saturated rings. The summed E-state index contributed by atoms with van der Waals surface area (Å²) in [7, 11) is 0. The van der Waals surface area contributed by atoms with Crippen molar-refractivity contribution in [3.05, 3.63) is 12.2 Å². The molecule has 1 atom stereocenters. The largest absolute Gasteiger partial charge is 0.462 e. The van der Waals surface area contributed by atoms with Gasteiger partial charge in [0.1, 0.15) is 0 Å². The molecular weight excluding hydrogens is 188 g/mol. The molecule has 0 aromatic rings. The standard InChI is InChI=1S/C13H24O2/c1-5-8-12(4)9-6-7-10-15-13(14)11(2)3/h12H,2,5-10H2,1,3-4H3. The fourth-order valence-electron chi connectivity index (χ4n) is 1.52. The van der Waals surface area contributed by atoms with Crippen LogP contribution in [0.3, 0.4) is 0 Å². The van der Waals surface area contributed by atoms with Crippen LogP contribution in [0.25, 0.3) is 0 Å². The minimum absolute atomic E-state index is 0.267. The van der Waals surface area contributed by atoms with Crippen LogP contribution in [0.15, 0.2) is 12.2 Å². The van der Waals surface area contributed by atoms with Gasteiger partial charge in [0.2, 0.25) is 0 Å². The highest BCUT2D eigenvalue weighted by atomic mass is 16.5. The molecule has 0 aliphatic heterocycles. The van der Waals surface area contributed by atoms with Crippen molar-refractivity contribution in [1.29, 1.82) is 0 Å². The van der Waals surface area contributed by atoms with Crippen molar-refractivity contribution in [2.75, 3.05) is 6.61 Å². The lowest BCUT2D eigenvalue weighted by Crippen LogP contribution is -2.06. The van der Waals surface area contributed by atoms with Crippen molar-refractivity contribution in [2.45, 2.75) is 52.9 Å². The highest BCUT2D eigenvalue weighted by Crippen LogP contribution is 2.13. The fourth-order valence-corrected chi connectivity index (χ4v) is 1.52. The van der Waals surface area contributed by atoms with E-state index in [4.69, 9.17) is 4.74 Å². The van der Waals surface area contributed by atoms with Gasteiger partial charge in [0.05, 0.1) is 6.61 Å². The Kier molecular flexibility index (Phi) is 8.06. The Morgan fingerprint density at radius 3 is 2.53 bits per heavy atom. The molecule has 0 radical (unpaired) electrons. The topological polar surface area (TPSA) is 26.3 Å². The van der Waals surface area contributed by atoms with Crippen LogP contribution in [0.4, 0.5) is 0 Å². The quantitative estimate of drug-likeness (QED) is 0.348. The van der Waals surface area contributed by atoms with Crippen molar-refractivity contribution in [3.8, 4) is 0 Å². The molecule has 0 spiro atoms. The van der Waals surface area contributed by atoms with E-state index >= 15 is 0 Å². The van der Waals surface area contributed by atoms with Crippen molar-refractivity contribution < 1.29 is 9.53 Å². The lowest BCUT2D eigenvalue weighted by molar-refractivity contribution is -0.139. The fraction of sp³-hybridized carbons (Fsp3) is 0.769. The van der Waals surface area contributed by atoms with Gasteiger partial charge < -0.3 is 4.74 Å². The Morgan fingerprint density at radius 1 is 1.33 bits per heavy atom. The van der Waals surface area contributed by atoms with E-state index in [-0.39, 0.29) is 5.97 Å². The van der Waals surface area contributed by atoms with Crippen molar-refractivity contribution in [2.24, 2.45) is 5.92 Å². The van der Waals surface area contributed by atoms with Gasteiger partial charge in [0.25, 0.3) is 0 Å². The van der Waals surface area contributed by atoms with Crippen LogP contribution in [-0.4, -0.2) is 12.6 Å². The molecule has 0 aliphatic carbocycles. The number of ether oxygens (including phenoxy) is 1. The molecule has 0 amide bonds. The van der Waals surface area contributed by atoms with Gasteiger partial charge in [-0.2, -0.15) is 0 Å². The third kappa shape index (κ3) is 8.22. The van der Waals surface area contributed by atoms with Gasteiger partial charge in [-0.1, -0.05) is 39.7 Å². The summed E-state index contributed by atoms with van der Waals surface area (Å²) in [6.45, 7) is 10.2. The first-order valence-electron chi connectivity index (χ1n) is 5.90. The summed E-state index contributed by atoms with van der Waals surface area (Å²) >= 11 is 0. The average Bonchev–Trinajstić information content (AvgIpc) is 2.17. The van der Waals surface area contributed by atoms with Crippen molar-refractivity contribution in [3.63, 3.8) is 0 Å². The Bertz CT molecular complexity index is 197. The van der Waals surface area contributed by atoms with E-state index < -0.39 is 0 Å². The summed E-state index contributed by atoms with van der Waals surface area (Å²) in [6, 6.07) is 0. The highest BCUT2D eigenvalue weighted by molar-refractivity contribution is 5.86. The second-order valence-corrected chi connectivity index (χ2v) is 4.31. The van der Waals surface area contributed by atoms with Gasteiger partial charge >= 0.3 is 5.97 Å². The maximum absolute atomic E-state index is 11.0. The van der Waals surface area contributed by atoms with Gasteiger partial charge in [-0.15, -0.1) is 0 Å². The molecule has 88 valence electrons. The molecule has 2 heteroatoms. The number of esters is 1. The van der Waals surface area contributed by atoms with E-state index in [1.807, 2.05) is 0 Å². The smallest absolute Gasteiger partial charge is 0.333 e. The zero-order chi connectivity index (χ0) is 11.7. The molecule has 0 N–H and O–H groups in total. The second-order valence-electron chi connectivity index (χ2n) is 4.31. The van der Waals surface area contributed by atoms with Crippen molar-refractivity contribution >= 4 is 5.97 Å². The molecule has 0 aromatic carbocycles. The lowest BCUT2D eigenvalue weighted by atomic mass is 9.99. The summed E-state index contributed by atoms with van der Waals surface area (Å²) in [4.78, 5) is 11.0. The van der Waals surface area contributed by atoms with Gasteiger partial charge in [0.15, 0.2) is 0 Å². The molecule has 2 nitrogen and oxygen atoms in total. The van der Waals surface area contributed by atoms with Crippen LogP contribution in [-0.2, 0) is 9.53 Å². The minimum Gasteiger partial charge on any atom is -0.462 e. The predicted octanol–water partition coefficient (Wildman–Crippen LogP) is 3.71. The van der Waals surface area contributed by atoms with E-state index in [0.29, 0.717) is 12.2 Å². The average molecular weight is 212 g/mol. The number of carbonyl (C=O) groups is 1.